The highest BCUT2D eigenvalue weighted by Crippen LogP contribution is 2.28. The smallest absolute Gasteiger partial charge is 0.134 e. The van der Waals surface area contributed by atoms with Crippen molar-refractivity contribution < 1.29 is 9.52 Å². The van der Waals surface area contributed by atoms with Crippen molar-refractivity contribution in [2.45, 2.75) is 25.8 Å². The first kappa shape index (κ1) is 19.3. The summed E-state index contributed by atoms with van der Waals surface area (Å²) in [7, 11) is 0. The molecule has 1 aromatic carbocycles. The van der Waals surface area contributed by atoms with Crippen molar-refractivity contribution in [1.29, 1.82) is 0 Å². The van der Waals surface area contributed by atoms with E-state index in [2.05, 4.69) is 5.32 Å². The predicted octanol–water partition coefficient (Wildman–Crippen LogP) is 4.93. The number of hydrogen-bond acceptors (Lipinski definition) is 3. The van der Waals surface area contributed by atoms with Crippen molar-refractivity contribution in [3.05, 3.63) is 46.1 Å². The first-order valence-electron chi connectivity index (χ1n) is 7.06. The fraction of sp³-hybridized carbons (Fsp3) is 0.375. The van der Waals surface area contributed by atoms with Crippen molar-refractivity contribution in [3.8, 4) is 11.3 Å². The van der Waals surface area contributed by atoms with Gasteiger partial charge in [-0.3, -0.25) is 0 Å². The van der Waals surface area contributed by atoms with E-state index in [-0.39, 0.29) is 19.0 Å². The third kappa shape index (κ3) is 6.19. The zero-order valence-corrected chi connectivity index (χ0v) is 14.5. The van der Waals surface area contributed by atoms with Gasteiger partial charge in [-0.25, -0.2) is 0 Å². The molecule has 3 nitrogen and oxygen atoms in total. The number of aliphatic hydroxyl groups excluding tert-OH is 1. The molecule has 2 N–H and O–H groups in total. The zero-order chi connectivity index (χ0) is 15.1. The molecule has 22 heavy (non-hydrogen) atoms. The summed E-state index contributed by atoms with van der Waals surface area (Å²) in [6, 6.07) is 9.23. The van der Waals surface area contributed by atoms with Crippen LogP contribution in [0.25, 0.3) is 11.3 Å². The summed E-state index contributed by atoms with van der Waals surface area (Å²) in [5, 5.41) is 13.2. The maximum Gasteiger partial charge on any atom is 0.134 e. The molecular weight excluding hydrogens is 345 g/mol. The lowest BCUT2D eigenvalue weighted by Crippen LogP contribution is -2.14. The minimum atomic E-state index is 0. The molecule has 0 aliphatic carbocycles. The molecule has 0 aliphatic rings. The second kappa shape index (κ2) is 10.1. The summed E-state index contributed by atoms with van der Waals surface area (Å²) in [5.74, 6) is 1.64. The molecule has 0 aliphatic heterocycles. The van der Waals surface area contributed by atoms with E-state index in [1.165, 1.54) is 0 Å². The van der Waals surface area contributed by atoms with E-state index in [9.17, 15) is 0 Å². The molecule has 1 aromatic heterocycles. The normalized spacial score (nSPS) is 10.5. The number of nitrogens with one attached hydrogen (secondary N) is 1. The highest BCUT2D eigenvalue weighted by atomic mass is 35.5. The lowest BCUT2D eigenvalue weighted by molar-refractivity contribution is 0.282. The minimum absolute atomic E-state index is 0. The molecule has 0 saturated heterocycles. The molecule has 0 unspecified atom stereocenters. The van der Waals surface area contributed by atoms with Crippen LogP contribution in [0.15, 0.2) is 34.7 Å². The van der Waals surface area contributed by atoms with E-state index in [1.807, 2.05) is 24.3 Å². The monoisotopic (exact) mass is 363 g/mol. The zero-order valence-electron chi connectivity index (χ0n) is 12.1. The number of aliphatic hydroxyl groups is 1. The van der Waals surface area contributed by atoms with E-state index in [0.717, 1.165) is 42.9 Å². The lowest BCUT2D eigenvalue weighted by Gasteiger charge is -2.03. The first-order chi connectivity index (χ1) is 10.2. The van der Waals surface area contributed by atoms with Crippen LogP contribution in [0.3, 0.4) is 0 Å². The van der Waals surface area contributed by atoms with Crippen LogP contribution in [-0.4, -0.2) is 18.3 Å². The van der Waals surface area contributed by atoms with Crippen LogP contribution in [0, 0.1) is 0 Å². The van der Waals surface area contributed by atoms with Crippen molar-refractivity contribution in [2.24, 2.45) is 0 Å². The van der Waals surface area contributed by atoms with E-state index in [0.29, 0.717) is 16.6 Å². The number of hydrogen-bond donors (Lipinski definition) is 2. The topological polar surface area (TPSA) is 45.4 Å². The maximum atomic E-state index is 8.70. The van der Waals surface area contributed by atoms with Gasteiger partial charge in [-0.05, 0) is 56.1 Å². The van der Waals surface area contributed by atoms with Crippen LogP contribution in [0.1, 0.15) is 25.0 Å². The third-order valence-corrected chi connectivity index (χ3v) is 3.56. The van der Waals surface area contributed by atoms with Crippen LogP contribution in [0.5, 0.6) is 0 Å². The van der Waals surface area contributed by atoms with Gasteiger partial charge in [0.05, 0.1) is 6.54 Å². The molecule has 0 bridgehead atoms. The summed E-state index contributed by atoms with van der Waals surface area (Å²) in [4.78, 5) is 0. The fourth-order valence-corrected chi connectivity index (χ4v) is 2.60. The van der Waals surface area contributed by atoms with Crippen LogP contribution >= 0.6 is 35.6 Å². The summed E-state index contributed by atoms with van der Waals surface area (Å²) in [5.41, 5.74) is 0.877. The van der Waals surface area contributed by atoms with Crippen LogP contribution in [0.2, 0.25) is 10.0 Å². The van der Waals surface area contributed by atoms with Crippen LogP contribution < -0.4 is 5.32 Å². The van der Waals surface area contributed by atoms with E-state index in [4.69, 9.17) is 32.7 Å². The Morgan fingerprint density at radius 1 is 1.00 bits per heavy atom. The Morgan fingerprint density at radius 2 is 1.73 bits per heavy atom. The van der Waals surface area contributed by atoms with Gasteiger partial charge >= 0.3 is 0 Å². The Balaban J connectivity index is 0.00000242. The Bertz CT molecular complexity index is 552. The molecule has 0 fully saturated rings. The van der Waals surface area contributed by atoms with Gasteiger partial charge in [-0.1, -0.05) is 23.2 Å². The van der Waals surface area contributed by atoms with Gasteiger partial charge < -0.3 is 14.8 Å². The number of benzene rings is 1. The van der Waals surface area contributed by atoms with E-state index in [1.54, 1.807) is 6.07 Å². The summed E-state index contributed by atoms with van der Waals surface area (Å²) in [6.07, 6.45) is 2.95. The van der Waals surface area contributed by atoms with Gasteiger partial charge in [0.15, 0.2) is 0 Å². The molecule has 0 radical (unpaired) electrons. The highest BCUT2D eigenvalue weighted by molar-refractivity contribution is 6.35. The maximum absolute atomic E-state index is 8.70. The van der Waals surface area contributed by atoms with Crippen molar-refractivity contribution in [3.63, 3.8) is 0 Å². The van der Waals surface area contributed by atoms with Gasteiger partial charge in [0, 0.05) is 22.2 Å². The molecule has 0 atom stereocenters. The van der Waals surface area contributed by atoms with Crippen LogP contribution in [0.4, 0.5) is 0 Å². The molecular formula is C16H20Cl3NO2. The molecule has 2 aromatic rings. The lowest BCUT2D eigenvalue weighted by atomic mass is 10.2. The molecule has 1 heterocycles. The highest BCUT2D eigenvalue weighted by Gasteiger charge is 2.06. The van der Waals surface area contributed by atoms with Crippen molar-refractivity contribution >= 4 is 35.6 Å². The number of rotatable bonds is 8. The second-order valence-electron chi connectivity index (χ2n) is 4.89. The fourth-order valence-electron chi connectivity index (χ4n) is 2.07. The molecule has 0 saturated carbocycles. The number of halogens is 3. The van der Waals surface area contributed by atoms with Gasteiger partial charge in [0.2, 0.25) is 0 Å². The Hall–Kier alpha value is -0.710. The third-order valence-electron chi connectivity index (χ3n) is 3.12. The Labute approximate surface area is 147 Å². The predicted molar refractivity (Wildman–Crippen MR) is 94.1 cm³/mol. The van der Waals surface area contributed by atoms with Gasteiger partial charge in [-0.15, -0.1) is 12.4 Å². The van der Waals surface area contributed by atoms with Crippen molar-refractivity contribution in [1.82, 2.24) is 5.32 Å². The van der Waals surface area contributed by atoms with Gasteiger partial charge in [-0.2, -0.15) is 0 Å². The largest absolute Gasteiger partial charge is 0.460 e. The molecule has 6 heteroatoms. The average Bonchev–Trinajstić information content (AvgIpc) is 2.90. The molecule has 2 rings (SSSR count). The van der Waals surface area contributed by atoms with Crippen LogP contribution in [-0.2, 0) is 6.54 Å². The quantitative estimate of drug-likeness (QED) is 0.653. The second-order valence-corrected chi connectivity index (χ2v) is 5.76. The van der Waals surface area contributed by atoms with E-state index >= 15 is 0 Å². The Morgan fingerprint density at radius 3 is 2.41 bits per heavy atom. The average molecular weight is 365 g/mol. The Kier molecular flexibility index (Phi) is 8.91. The minimum Gasteiger partial charge on any atom is -0.460 e. The number of furan rings is 1. The van der Waals surface area contributed by atoms with Gasteiger partial charge in [0.1, 0.15) is 11.5 Å². The summed E-state index contributed by atoms with van der Waals surface area (Å²) in [6.45, 7) is 1.87. The van der Waals surface area contributed by atoms with Gasteiger partial charge in [0.25, 0.3) is 0 Å². The molecule has 0 amide bonds. The SMILES string of the molecule is Cl.OCCCCCNCc1ccc(-c2cc(Cl)cc(Cl)c2)o1. The summed E-state index contributed by atoms with van der Waals surface area (Å²) >= 11 is 12.0. The number of unbranched alkanes of at least 4 members (excludes halogenated alkanes) is 2. The standard InChI is InChI=1S/C16H19Cl2NO2.ClH/c17-13-8-12(9-14(18)10-13)16-5-4-15(21-16)11-19-6-2-1-3-7-20;/h4-5,8-10,19-20H,1-3,6-7,11H2;1H. The molecule has 122 valence electrons. The van der Waals surface area contributed by atoms with E-state index < -0.39 is 0 Å². The first-order valence-corrected chi connectivity index (χ1v) is 7.81. The molecule has 0 spiro atoms. The summed E-state index contributed by atoms with van der Waals surface area (Å²) < 4.78 is 5.79. The van der Waals surface area contributed by atoms with Crippen molar-refractivity contribution in [2.75, 3.05) is 13.2 Å².